The second-order valence-electron chi connectivity index (χ2n) is 3.56. The van der Waals surface area contributed by atoms with Crippen molar-refractivity contribution in [2.75, 3.05) is 11.4 Å². The number of methoxy groups -OCH3 is 1. The van der Waals surface area contributed by atoms with Gasteiger partial charge in [0.1, 0.15) is 5.75 Å². The average molecular weight is 263 g/mol. The minimum atomic E-state index is -2.12. The third-order valence-corrected chi connectivity index (χ3v) is 3.19. The molecule has 0 saturated heterocycles. The molecule has 0 amide bonds. The first-order valence-corrected chi connectivity index (χ1v) is 6.39. The summed E-state index contributed by atoms with van der Waals surface area (Å²) in [6.07, 6.45) is 0. The van der Waals surface area contributed by atoms with E-state index in [4.69, 9.17) is 4.74 Å². The number of benzene rings is 2. The fraction of sp³-hybridized carbons (Fsp3) is 0.0769. The molecule has 0 radical (unpaired) electrons. The fourth-order valence-electron chi connectivity index (χ4n) is 1.61. The van der Waals surface area contributed by atoms with Gasteiger partial charge in [-0.05, 0) is 36.4 Å². The van der Waals surface area contributed by atoms with Gasteiger partial charge in [0.15, 0.2) is 0 Å². The van der Waals surface area contributed by atoms with E-state index < -0.39 is 11.3 Å². The number of nitrogens with zero attached hydrogens (tertiary/aromatic N) is 1. The van der Waals surface area contributed by atoms with Crippen molar-refractivity contribution in [3.05, 3.63) is 54.6 Å². The van der Waals surface area contributed by atoms with Crippen LogP contribution >= 0.6 is 0 Å². The van der Waals surface area contributed by atoms with Gasteiger partial charge in [0.05, 0.1) is 18.5 Å². The quantitative estimate of drug-likeness (QED) is 0.863. The maximum Gasteiger partial charge on any atom is 0.266 e. The summed E-state index contributed by atoms with van der Waals surface area (Å²) in [6, 6.07) is 16.0. The molecule has 0 aromatic heterocycles. The number of para-hydroxylation sites is 1. The van der Waals surface area contributed by atoms with Crippen LogP contribution in [0.25, 0.3) is 0 Å². The lowest BCUT2D eigenvalue weighted by Gasteiger charge is -2.20. The van der Waals surface area contributed by atoms with Gasteiger partial charge in [-0.3, -0.25) is 4.55 Å². The number of anilines is 2. The van der Waals surface area contributed by atoms with Crippen LogP contribution in [0.4, 0.5) is 11.4 Å². The predicted octanol–water partition coefficient (Wildman–Crippen LogP) is 2.97. The normalized spacial score (nSPS) is 11.9. The highest BCUT2D eigenvalue weighted by Crippen LogP contribution is 2.27. The second kappa shape index (κ2) is 5.66. The molecule has 1 N–H and O–H groups in total. The molecule has 2 aromatic rings. The van der Waals surface area contributed by atoms with Crippen LogP contribution in [0.5, 0.6) is 5.75 Å². The van der Waals surface area contributed by atoms with E-state index >= 15 is 0 Å². The Morgan fingerprint density at radius 2 is 1.56 bits per heavy atom. The summed E-state index contributed by atoms with van der Waals surface area (Å²) in [4.78, 5) is 0. The lowest BCUT2D eigenvalue weighted by atomic mass is 10.2. The molecule has 1 unspecified atom stereocenters. The van der Waals surface area contributed by atoms with Crippen LogP contribution in [0.15, 0.2) is 54.6 Å². The van der Waals surface area contributed by atoms with Gasteiger partial charge in [-0.2, -0.15) is 0 Å². The van der Waals surface area contributed by atoms with Gasteiger partial charge in [-0.25, -0.2) is 8.51 Å². The Kier molecular flexibility index (Phi) is 3.96. The first kappa shape index (κ1) is 12.6. The topological polar surface area (TPSA) is 49.8 Å². The van der Waals surface area contributed by atoms with E-state index in [-0.39, 0.29) is 0 Å². The Morgan fingerprint density at radius 3 is 2.06 bits per heavy atom. The van der Waals surface area contributed by atoms with Gasteiger partial charge in [0.2, 0.25) is 0 Å². The maximum absolute atomic E-state index is 11.5. The van der Waals surface area contributed by atoms with E-state index in [0.717, 1.165) is 0 Å². The molecular formula is C13H13NO3S. The first-order valence-electron chi connectivity index (χ1n) is 5.32. The van der Waals surface area contributed by atoms with Crippen molar-refractivity contribution in [1.29, 1.82) is 0 Å². The monoisotopic (exact) mass is 263 g/mol. The second-order valence-corrected chi connectivity index (χ2v) is 4.39. The lowest BCUT2D eigenvalue weighted by molar-refractivity contribution is 0.415. The third kappa shape index (κ3) is 2.69. The van der Waals surface area contributed by atoms with E-state index in [1.54, 1.807) is 43.5 Å². The molecule has 0 aliphatic heterocycles. The van der Waals surface area contributed by atoms with Crippen molar-refractivity contribution in [3.8, 4) is 5.75 Å². The van der Waals surface area contributed by atoms with Crippen LogP contribution < -0.4 is 9.04 Å². The molecule has 4 nitrogen and oxygen atoms in total. The Balaban J connectivity index is 2.39. The van der Waals surface area contributed by atoms with E-state index in [0.29, 0.717) is 17.1 Å². The molecule has 5 heteroatoms. The molecule has 0 fully saturated rings. The molecule has 0 saturated carbocycles. The molecule has 0 bridgehead atoms. The first-order chi connectivity index (χ1) is 8.72. The van der Waals surface area contributed by atoms with Crippen LogP contribution in [-0.4, -0.2) is 15.9 Å². The minimum Gasteiger partial charge on any atom is -0.497 e. The summed E-state index contributed by atoms with van der Waals surface area (Å²) < 4.78 is 27.3. The van der Waals surface area contributed by atoms with E-state index in [1.165, 1.54) is 4.31 Å². The summed E-state index contributed by atoms with van der Waals surface area (Å²) in [5.41, 5.74) is 1.28. The zero-order valence-electron chi connectivity index (χ0n) is 9.82. The van der Waals surface area contributed by atoms with Crippen LogP contribution in [0.1, 0.15) is 0 Å². The minimum absolute atomic E-state index is 0.628. The smallest absolute Gasteiger partial charge is 0.266 e. The lowest BCUT2D eigenvalue weighted by Crippen LogP contribution is -2.18. The van der Waals surface area contributed by atoms with Crippen molar-refractivity contribution in [3.63, 3.8) is 0 Å². The highest BCUT2D eigenvalue weighted by atomic mass is 32.2. The van der Waals surface area contributed by atoms with Crippen LogP contribution in [-0.2, 0) is 11.3 Å². The summed E-state index contributed by atoms with van der Waals surface area (Å²) in [7, 11) is 1.58. The molecule has 0 spiro atoms. The Hall–Kier alpha value is -1.85. The Morgan fingerprint density at radius 1 is 1.00 bits per heavy atom. The Labute approximate surface area is 108 Å². The zero-order chi connectivity index (χ0) is 13.0. The SMILES string of the molecule is COc1ccc(N(c2ccccc2)S(=O)O)cc1. The molecular weight excluding hydrogens is 250 g/mol. The van der Waals surface area contributed by atoms with Crippen molar-refractivity contribution in [2.45, 2.75) is 0 Å². The molecule has 94 valence electrons. The Bertz CT molecular complexity index is 528. The predicted molar refractivity (Wildman–Crippen MR) is 72.3 cm³/mol. The van der Waals surface area contributed by atoms with Gasteiger partial charge < -0.3 is 4.74 Å². The van der Waals surface area contributed by atoms with Gasteiger partial charge in [0, 0.05) is 0 Å². The zero-order valence-corrected chi connectivity index (χ0v) is 10.6. The van der Waals surface area contributed by atoms with E-state index in [1.807, 2.05) is 18.2 Å². The average Bonchev–Trinajstić information content (AvgIpc) is 2.40. The highest BCUT2D eigenvalue weighted by molar-refractivity contribution is 7.81. The van der Waals surface area contributed by atoms with Crippen LogP contribution in [0.3, 0.4) is 0 Å². The summed E-state index contributed by atoms with van der Waals surface area (Å²) >= 11 is -2.12. The third-order valence-electron chi connectivity index (χ3n) is 2.45. The molecule has 0 aliphatic rings. The number of rotatable bonds is 4. The van der Waals surface area contributed by atoms with Crippen molar-refractivity contribution in [2.24, 2.45) is 0 Å². The summed E-state index contributed by atoms with van der Waals surface area (Å²) in [5.74, 6) is 0.704. The molecule has 0 aliphatic carbocycles. The van der Waals surface area contributed by atoms with E-state index in [9.17, 15) is 8.76 Å². The molecule has 2 aromatic carbocycles. The van der Waals surface area contributed by atoms with Gasteiger partial charge in [-0.1, -0.05) is 18.2 Å². The molecule has 0 heterocycles. The van der Waals surface area contributed by atoms with Gasteiger partial charge >= 0.3 is 0 Å². The maximum atomic E-state index is 11.5. The number of hydrogen-bond acceptors (Lipinski definition) is 2. The van der Waals surface area contributed by atoms with Gasteiger partial charge in [-0.15, -0.1) is 0 Å². The standard InChI is InChI=1S/C13H13NO3S/c1-17-13-9-7-12(8-10-13)14(18(15)16)11-5-3-2-4-6-11/h2-10H,1H3,(H,15,16). The molecule has 2 rings (SSSR count). The van der Waals surface area contributed by atoms with Gasteiger partial charge in [0.25, 0.3) is 11.3 Å². The summed E-state index contributed by atoms with van der Waals surface area (Å²) in [6.45, 7) is 0. The highest BCUT2D eigenvalue weighted by Gasteiger charge is 2.14. The van der Waals surface area contributed by atoms with E-state index in [2.05, 4.69) is 0 Å². The number of ether oxygens (including phenoxy) is 1. The number of hydrogen-bond donors (Lipinski definition) is 1. The van der Waals surface area contributed by atoms with Crippen LogP contribution in [0, 0.1) is 0 Å². The fourth-order valence-corrected chi connectivity index (χ4v) is 2.21. The van der Waals surface area contributed by atoms with Crippen molar-refractivity contribution in [1.82, 2.24) is 0 Å². The largest absolute Gasteiger partial charge is 0.497 e. The molecule has 18 heavy (non-hydrogen) atoms. The van der Waals surface area contributed by atoms with Crippen molar-refractivity contribution >= 4 is 22.6 Å². The molecule has 1 atom stereocenters. The van der Waals surface area contributed by atoms with Crippen LogP contribution in [0.2, 0.25) is 0 Å². The van der Waals surface area contributed by atoms with Crippen molar-refractivity contribution < 1.29 is 13.5 Å². The summed E-state index contributed by atoms with van der Waals surface area (Å²) in [5, 5.41) is 0.